The molecule has 0 aliphatic rings. The Bertz CT molecular complexity index is 1620. The number of nitrogens with one attached hydrogen (secondary N) is 4. The van der Waals surface area contributed by atoms with E-state index in [4.69, 9.17) is 4.74 Å². The van der Waals surface area contributed by atoms with Crippen LogP contribution in [0.4, 0.5) is 23.2 Å². The Morgan fingerprint density at radius 2 is 1.67 bits per heavy atom. The van der Waals surface area contributed by atoms with Gasteiger partial charge in [0.05, 0.1) is 0 Å². The lowest BCUT2D eigenvalue weighted by Crippen LogP contribution is -2.14. The molecule has 0 aliphatic carbocycles. The van der Waals surface area contributed by atoms with Gasteiger partial charge in [0.15, 0.2) is 11.4 Å². The fraction of sp³-hybridized carbons (Fsp3) is 0.0435. The third-order valence-electron chi connectivity index (χ3n) is 5.04. The summed E-state index contributed by atoms with van der Waals surface area (Å²) in [6.45, 7) is 0. The molecular weight excluding hydrogens is 484 g/mol. The molecule has 0 spiro atoms. The van der Waals surface area contributed by atoms with Gasteiger partial charge < -0.3 is 20.0 Å². The lowest BCUT2D eigenvalue weighted by molar-refractivity contribution is -0.144. The number of nitrogens with zero attached hydrogens (tertiary/aromatic N) is 2. The molecule has 9 nitrogen and oxygen atoms in total. The van der Waals surface area contributed by atoms with E-state index in [1.165, 1.54) is 42.6 Å². The molecule has 2 aromatic carbocycles. The van der Waals surface area contributed by atoms with E-state index in [1.54, 1.807) is 6.07 Å². The van der Waals surface area contributed by atoms with Crippen molar-refractivity contribution in [3.63, 3.8) is 0 Å². The van der Waals surface area contributed by atoms with Crippen LogP contribution < -0.4 is 15.7 Å². The van der Waals surface area contributed by atoms with Crippen LogP contribution in [0.1, 0.15) is 16.3 Å². The van der Waals surface area contributed by atoms with Crippen molar-refractivity contribution in [2.75, 3.05) is 5.32 Å². The molecule has 0 unspecified atom stereocenters. The zero-order chi connectivity index (χ0) is 25.4. The van der Waals surface area contributed by atoms with E-state index in [0.717, 1.165) is 12.1 Å². The van der Waals surface area contributed by atoms with E-state index in [9.17, 15) is 27.2 Å². The predicted octanol–water partition coefficient (Wildman–Crippen LogP) is 4.84. The summed E-state index contributed by atoms with van der Waals surface area (Å²) >= 11 is 0. The minimum Gasteiger partial charge on any atom is -0.455 e. The van der Waals surface area contributed by atoms with E-state index in [-0.39, 0.29) is 16.9 Å². The van der Waals surface area contributed by atoms with Gasteiger partial charge in [-0.05, 0) is 48.5 Å². The van der Waals surface area contributed by atoms with Crippen LogP contribution in [0, 0.1) is 5.82 Å². The van der Waals surface area contributed by atoms with Crippen molar-refractivity contribution in [1.29, 1.82) is 0 Å². The van der Waals surface area contributed by atoms with E-state index >= 15 is 0 Å². The van der Waals surface area contributed by atoms with Crippen molar-refractivity contribution in [2.45, 2.75) is 6.18 Å². The Labute approximate surface area is 198 Å². The number of pyridine rings is 1. The lowest BCUT2D eigenvalue weighted by atomic mass is 10.1. The Kier molecular flexibility index (Phi) is 5.51. The zero-order valence-electron chi connectivity index (χ0n) is 17.9. The van der Waals surface area contributed by atoms with Crippen LogP contribution in [0.3, 0.4) is 0 Å². The monoisotopic (exact) mass is 498 g/mol. The fourth-order valence-electron chi connectivity index (χ4n) is 3.41. The molecule has 1 amide bonds. The summed E-state index contributed by atoms with van der Waals surface area (Å²) in [5.74, 6) is -2.14. The van der Waals surface area contributed by atoms with Crippen molar-refractivity contribution in [3.8, 4) is 22.8 Å². The van der Waals surface area contributed by atoms with Crippen LogP contribution in [0.2, 0.25) is 0 Å². The van der Waals surface area contributed by atoms with Crippen molar-refractivity contribution < 1.29 is 27.1 Å². The summed E-state index contributed by atoms with van der Waals surface area (Å²) in [4.78, 5) is 39.0. The number of hydrogen-bond donors (Lipinski definition) is 4. The molecule has 3 aromatic heterocycles. The number of aromatic nitrogens is 5. The van der Waals surface area contributed by atoms with Gasteiger partial charge in [0, 0.05) is 23.5 Å². The number of carbonyl (C=O) groups is 1. The molecule has 0 bridgehead atoms. The quantitative estimate of drug-likeness (QED) is 0.258. The van der Waals surface area contributed by atoms with E-state index in [0.29, 0.717) is 22.7 Å². The number of amides is 1. The number of H-pyrrole nitrogens is 3. The summed E-state index contributed by atoms with van der Waals surface area (Å²) in [5.41, 5.74) is -0.0889. The number of rotatable bonds is 5. The molecule has 5 rings (SSSR count). The third kappa shape index (κ3) is 4.53. The fourth-order valence-corrected chi connectivity index (χ4v) is 3.41. The highest BCUT2D eigenvalue weighted by Gasteiger charge is 2.37. The molecule has 13 heteroatoms. The van der Waals surface area contributed by atoms with Gasteiger partial charge >= 0.3 is 11.9 Å². The van der Waals surface area contributed by atoms with Crippen LogP contribution in [0.5, 0.6) is 11.5 Å². The van der Waals surface area contributed by atoms with Crippen molar-refractivity contribution in [2.24, 2.45) is 0 Å². The minimum absolute atomic E-state index is 0.128. The SMILES string of the molecule is O=C(Nc1ccc(Oc2ccnc3[nH]c(=O)[nH]c23)cc1)c1[nH]c(C(F)(F)F)nc1-c1ccc(F)cc1. The van der Waals surface area contributed by atoms with Crippen LogP contribution in [-0.4, -0.2) is 30.8 Å². The number of hydrogen-bond acceptors (Lipinski definition) is 5. The van der Waals surface area contributed by atoms with Gasteiger partial charge in [0.2, 0.25) is 5.82 Å². The molecule has 0 aliphatic heterocycles. The largest absolute Gasteiger partial charge is 0.455 e. The smallest absolute Gasteiger partial charge is 0.449 e. The van der Waals surface area contributed by atoms with Gasteiger partial charge in [-0.25, -0.2) is 19.2 Å². The molecule has 4 N–H and O–H groups in total. The normalized spacial score (nSPS) is 11.6. The molecule has 0 saturated heterocycles. The molecular formula is C23H14F4N6O3. The van der Waals surface area contributed by atoms with Crippen LogP contribution in [0.25, 0.3) is 22.4 Å². The Morgan fingerprint density at radius 3 is 2.36 bits per heavy atom. The maximum absolute atomic E-state index is 13.3. The zero-order valence-corrected chi connectivity index (χ0v) is 17.9. The van der Waals surface area contributed by atoms with Crippen LogP contribution >= 0.6 is 0 Å². The van der Waals surface area contributed by atoms with Crippen LogP contribution in [-0.2, 0) is 6.18 Å². The summed E-state index contributed by atoms with van der Waals surface area (Å²) in [5, 5.41) is 2.50. The van der Waals surface area contributed by atoms with E-state index in [1.807, 2.05) is 4.98 Å². The highest BCUT2D eigenvalue weighted by molar-refractivity contribution is 6.06. The Morgan fingerprint density at radius 1 is 0.944 bits per heavy atom. The molecule has 5 aromatic rings. The van der Waals surface area contributed by atoms with Gasteiger partial charge in [-0.3, -0.25) is 9.78 Å². The number of carbonyl (C=O) groups excluding carboxylic acids is 1. The number of imidazole rings is 2. The minimum atomic E-state index is -4.82. The van der Waals surface area contributed by atoms with Crippen molar-refractivity contribution >= 4 is 22.8 Å². The summed E-state index contributed by atoms with van der Waals surface area (Å²) in [6, 6.07) is 12.1. The molecule has 0 radical (unpaired) electrons. The first-order chi connectivity index (χ1) is 17.2. The molecule has 0 atom stereocenters. The lowest BCUT2D eigenvalue weighted by Gasteiger charge is -2.09. The van der Waals surface area contributed by atoms with Crippen molar-refractivity contribution in [1.82, 2.24) is 24.9 Å². The summed E-state index contributed by atoms with van der Waals surface area (Å²) in [7, 11) is 0. The first-order valence-corrected chi connectivity index (χ1v) is 10.3. The van der Waals surface area contributed by atoms with Gasteiger partial charge in [-0.15, -0.1) is 0 Å². The van der Waals surface area contributed by atoms with Gasteiger partial charge in [-0.1, -0.05) is 0 Å². The second-order valence-corrected chi connectivity index (χ2v) is 7.51. The first kappa shape index (κ1) is 22.8. The Hall–Kier alpha value is -4.94. The number of ether oxygens (including phenoxy) is 1. The van der Waals surface area contributed by atoms with Gasteiger partial charge in [0.25, 0.3) is 5.91 Å². The number of fused-ring (bicyclic) bond motifs is 1. The average molecular weight is 498 g/mol. The number of anilines is 1. The second-order valence-electron chi connectivity index (χ2n) is 7.51. The first-order valence-electron chi connectivity index (χ1n) is 10.3. The highest BCUT2D eigenvalue weighted by Crippen LogP contribution is 2.32. The molecule has 36 heavy (non-hydrogen) atoms. The molecule has 0 fully saturated rings. The average Bonchev–Trinajstić information content (AvgIpc) is 3.45. The predicted molar refractivity (Wildman–Crippen MR) is 120 cm³/mol. The number of benzene rings is 2. The van der Waals surface area contributed by atoms with Crippen LogP contribution in [0.15, 0.2) is 65.6 Å². The maximum Gasteiger partial charge on any atom is 0.449 e. The number of halogens is 4. The summed E-state index contributed by atoms with van der Waals surface area (Å²) in [6.07, 6.45) is -3.37. The molecule has 0 saturated carbocycles. The topological polar surface area (TPSA) is 129 Å². The number of aromatic amines is 3. The van der Waals surface area contributed by atoms with E-state index in [2.05, 4.69) is 25.3 Å². The third-order valence-corrected chi connectivity index (χ3v) is 5.04. The standard InChI is InChI=1S/C23H14F4N6O3/c24-12-3-1-11(2-4-12)16-18(31-21(30-16)23(25,26)27)20(34)29-13-5-7-14(8-6-13)36-15-9-10-28-19-17(15)32-22(35)33-19/h1-10H,(H,29,34)(H,30,31)(H2,28,32,33,35). The van der Waals surface area contributed by atoms with E-state index < -0.39 is 35.1 Å². The highest BCUT2D eigenvalue weighted by atomic mass is 19.4. The van der Waals surface area contributed by atoms with Gasteiger partial charge in [0.1, 0.15) is 28.5 Å². The summed E-state index contributed by atoms with van der Waals surface area (Å²) < 4.78 is 58.8. The molecule has 3 heterocycles. The second kappa shape index (κ2) is 8.69. The molecule has 182 valence electrons. The maximum atomic E-state index is 13.3. The van der Waals surface area contributed by atoms with Gasteiger partial charge in [-0.2, -0.15) is 13.2 Å². The Balaban J connectivity index is 1.38. The number of alkyl halides is 3. The van der Waals surface area contributed by atoms with Crippen molar-refractivity contribution in [3.05, 3.63) is 88.6 Å².